The molecule has 0 bridgehead atoms. The monoisotopic (exact) mass is 293 g/mol. The van der Waals surface area contributed by atoms with Gasteiger partial charge in [0, 0.05) is 12.1 Å². The second-order valence-corrected chi connectivity index (χ2v) is 5.37. The van der Waals surface area contributed by atoms with Gasteiger partial charge in [-0.15, -0.1) is 0 Å². The first-order chi connectivity index (χ1) is 9.74. The van der Waals surface area contributed by atoms with Crippen LogP contribution in [0.3, 0.4) is 0 Å². The van der Waals surface area contributed by atoms with Crippen molar-refractivity contribution < 1.29 is 18.9 Å². The molecule has 8 nitrogen and oxygen atoms in total. The van der Waals surface area contributed by atoms with Gasteiger partial charge < -0.3 is 14.5 Å². The van der Waals surface area contributed by atoms with Gasteiger partial charge in [-0.3, -0.25) is 10.1 Å². The molecule has 0 unspecified atom stereocenters. The topological polar surface area (TPSA) is 108 Å². The van der Waals surface area contributed by atoms with E-state index in [9.17, 15) is 14.9 Å². The molecule has 1 heterocycles. The second kappa shape index (κ2) is 5.39. The van der Waals surface area contributed by atoms with Gasteiger partial charge in [0.1, 0.15) is 11.1 Å². The molecular weight excluding hydrogens is 278 g/mol. The maximum atomic E-state index is 11.5. The van der Waals surface area contributed by atoms with E-state index >= 15 is 0 Å². The summed E-state index contributed by atoms with van der Waals surface area (Å²) in [5.41, 5.74) is 0.126. The summed E-state index contributed by atoms with van der Waals surface area (Å²) in [6, 6.07) is 4.12. The zero-order valence-electron chi connectivity index (χ0n) is 11.9. The number of amides is 1. The number of nitro benzene ring substituents is 1. The molecule has 2 aromatic rings. The number of rotatable bonds is 3. The van der Waals surface area contributed by atoms with Gasteiger partial charge in [-0.2, -0.15) is 0 Å². The number of carbonyl (C=O) groups is 1. The van der Waals surface area contributed by atoms with Crippen LogP contribution in [0, 0.1) is 10.1 Å². The van der Waals surface area contributed by atoms with Gasteiger partial charge >= 0.3 is 6.09 Å². The highest BCUT2D eigenvalue weighted by Crippen LogP contribution is 2.21. The molecule has 2 rings (SSSR count). The molecule has 0 radical (unpaired) electrons. The Hall–Kier alpha value is -2.64. The lowest BCUT2D eigenvalue weighted by Crippen LogP contribution is -2.32. The number of aromatic nitrogens is 1. The van der Waals surface area contributed by atoms with Crippen molar-refractivity contribution in [2.24, 2.45) is 0 Å². The number of nitro groups is 1. The van der Waals surface area contributed by atoms with Crippen LogP contribution in [0.5, 0.6) is 0 Å². The highest BCUT2D eigenvalue weighted by atomic mass is 16.6. The predicted octanol–water partition coefficient (Wildman–Crippen LogP) is 2.76. The predicted molar refractivity (Wildman–Crippen MR) is 73.7 cm³/mol. The van der Waals surface area contributed by atoms with Crippen LogP contribution in [-0.4, -0.2) is 21.6 Å². The van der Waals surface area contributed by atoms with E-state index in [0.717, 1.165) is 0 Å². The van der Waals surface area contributed by atoms with E-state index in [4.69, 9.17) is 9.15 Å². The van der Waals surface area contributed by atoms with Crippen molar-refractivity contribution in [3.63, 3.8) is 0 Å². The molecule has 0 saturated heterocycles. The van der Waals surface area contributed by atoms with E-state index in [1.165, 1.54) is 18.2 Å². The molecule has 0 aliphatic carbocycles. The molecule has 1 aromatic carbocycles. The van der Waals surface area contributed by atoms with Gasteiger partial charge in [0.2, 0.25) is 5.89 Å². The molecule has 0 atom stereocenters. The van der Waals surface area contributed by atoms with E-state index in [-0.39, 0.29) is 18.1 Å². The van der Waals surface area contributed by atoms with Crippen LogP contribution in [0.15, 0.2) is 22.6 Å². The van der Waals surface area contributed by atoms with Crippen molar-refractivity contribution in [2.75, 3.05) is 0 Å². The highest BCUT2D eigenvalue weighted by Gasteiger charge is 2.17. The summed E-state index contributed by atoms with van der Waals surface area (Å²) >= 11 is 0. The summed E-state index contributed by atoms with van der Waals surface area (Å²) in [6.45, 7) is 5.30. The summed E-state index contributed by atoms with van der Waals surface area (Å²) < 4.78 is 10.5. The lowest BCUT2D eigenvalue weighted by atomic mass is 10.2. The first kappa shape index (κ1) is 14.8. The zero-order valence-corrected chi connectivity index (χ0v) is 11.9. The standard InChI is InChI=1S/C13H15N3O5/c1-13(2,3)21-12(17)14-7-11-15-9-6-8(16(18)19)4-5-10(9)20-11/h4-6H,7H2,1-3H3,(H,14,17). The van der Waals surface area contributed by atoms with E-state index in [1.807, 2.05) is 0 Å². The minimum atomic E-state index is -0.591. The maximum absolute atomic E-state index is 11.5. The Kier molecular flexibility index (Phi) is 3.79. The Labute approximate surface area is 120 Å². The Bertz CT molecular complexity index is 687. The molecule has 0 aliphatic rings. The third-order valence-electron chi connectivity index (χ3n) is 2.41. The van der Waals surface area contributed by atoms with Gasteiger partial charge in [-0.1, -0.05) is 0 Å². The normalized spacial score (nSPS) is 11.4. The zero-order chi connectivity index (χ0) is 15.6. The van der Waals surface area contributed by atoms with Crippen molar-refractivity contribution in [1.82, 2.24) is 10.3 Å². The van der Waals surface area contributed by atoms with E-state index < -0.39 is 16.6 Å². The fourth-order valence-electron chi connectivity index (χ4n) is 1.61. The molecule has 8 heteroatoms. The molecular formula is C13H15N3O5. The lowest BCUT2D eigenvalue weighted by Gasteiger charge is -2.19. The molecule has 0 fully saturated rings. The number of fused-ring (bicyclic) bond motifs is 1. The molecule has 112 valence electrons. The number of oxazole rings is 1. The van der Waals surface area contributed by atoms with Crippen LogP contribution in [0.25, 0.3) is 11.1 Å². The van der Waals surface area contributed by atoms with Gasteiger partial charge in [0.25, 0.3) is 5.69 Å². The molecule has 0 aliphatic heterocycles. The summed E-state index contributed by atoms with van der Waals surface area (Å²) in [5, 5.41) is 13.2. The van der Waals surface area contributed by atoms with Gasteiger partial charge in [-0.05, 0) is 26.8 Å². The van der Waals surface area contributed by atoms with Gasteiger partial charge in [0.05, 0.1) is 11.5 Å². The smallest absolute Gasteiger partial charge is 0.408 e. The number of benzene rings is 1. The van der Waals surface area contributed by atoms with Crippen LogP contribution in [0.1, 0.15) is 26.7 Å². The number of hydrogen-bond acceptors (Lipinski definition) is 6. The highest BCUT2D eigenvalue weighted by molar-refractivity contribution is 5.75. The fourth-order valence-corrected chi connectivity index (χ4v) is 1.61. The molecule has 1 aromatic heterocycles. The van der Waals surface area contributed by atoms with Gasteiger partial charge in [0.15, 0.2) is 5.58 Å². The number of alkyl carbamates (subject to hydrolysis) is 1. The SMILES string of the molecule is CC(C)(C)OC(=O)NCc1nc2cc([N+](=O)[O-])ccc2o1. The number of nitrogens with one attached hydrogen (secondary N) is 1. The second-order valence-electron chi connectivity index (χ2n) is 5.37. The van der Waals surface area contributed by atoms with Crippen LogP contribution >= 0.6 is 0 Å². The van der Waals surface area contributed by atoms with Crippen molar-refractivity contribution in [3.8, 4) is 0 Å². The lowest BCUT2D eigenvalue weighted by molar-refractivity contribution is -0.384. The minimum Gasteiger partial charge on any atom is -0.444 e. The van der Waals surface area contributed by atoms with Crippen LogP contribution in [0.2, 0.25) is 0 Å². The molecule has 0 saturated carbocycles. The number of nitrogens with zero attached hydrogens (tertiary/aromatic N) is 2. The Morgan fingerprint density at radius 1 is 1.48 bits per heavy atom. The quantitative estimate of drug-likeness (QED) is 0.688. The summed E-state index contributed by atoms with van der Waals surface area (Å²) in [5.74, 6) is 0.247. The number of non-ortho nitro benzene ring substituents is 1. The van der Waals surface area contributed by atoms with Crippen molar-refractivity contribution in [2.45, 2.75) is 32.9 Å². The van der Waals surface area contributed by atoms with Crippen LogP contribution < -0.4 is 5.32 Å². The summed E-state index contributed by atoms with van der Waals surface area (Å²) in [6.07, 6.45) is -0.587. The van der Waals surface area contributed by atoms with E-state index in [2.05, 4.69) is 10.3 Å². The maximum Gasteiger partial charge on any atom is 0.408 e. The van der Waals surface area contributed by atoms with E-state index in [1.54, 1.807) is 20.8 Å². The third kappa shape index (κ3) is 3.91. The van der Waals surface area contributed by atoms with Gasteiger partial charge in [-0.25, -0.2) is 9.78 Å². The molecule has 1 amide bonds. The largest absolute Gasteiger partial charge is 0.444 e. The van der Waals surface area contributed by atoms with Crippen LogP contribution in [-0.2, 0) is 11.3 Å². The average Bonchev–Trinajstić information content (AvgIpc) is 2.75. The van der Waals surface area contributed by atoms with Crippen molar-refractivity contribution >= 4 is 22.9 Å². The Balaban J connectivity index is 2.06. The number of ether oxygens (including phenoxy) is 1. The average molecular weight is 293 g/mol. The first-order valence-corrected chi connectivity index (χ1v) is 6.25. The Morgan fingerprint density at radius 3 is 2.81 bits per heavy atom. The number of carbonyl (C=O) groups excluding carboxylic acids is 1. The van der Waals surface area contributed by atoms with E-state index in [0.29, 0.717) is 11.1 Å². The van der Waals surface area contributed by atoms with Crippen LogP contribution in [0.4, 0.5) is 10.5 Å². The third-order valence-corrected chi connectivity index (χ3v) is 2.41. The summed E-state index contributed by atoms with van der Waals surface area (Å²) in [4.78, 5) is 25.7. The van der Waals surface area contributed by atoms with Crippen molar-refractivity contribution in [1.29, 1.82) is 0 Å². The molecule has 1 N–H and O–H groups in total. The molecule has 21 heavy (non-hydrogen) atoms. The first-order valence-electron chi connectivity index (χ1n) is 6.25. The number of hydrogen-bond donors (Lipinski definition) is 1. The minimum absolute atomic E-state index is 0.0391. The summed E-state index contributed by atoms with van der Waals surface area (Å²) in [7, 11) is 0. The fraction of sp³-hybridized carbons (Fsp3) is 0.385. The Morgan fingerprint density at radius 2 is 2.19 bits per heavy atom. The van der Waals surface area contributed by atoms with Crippen molar-refractivity contribution in [3.05, 3.63) is 34.2 Å². The molecule has 0 spiro atoms.